The molecule has 28 heavy (non-hydrogen) atoms. The van der Waals surface area contributed by atoms with E-state index in [4.69, 9.17) is 0 Å². The quantitative estimate of drug-likeness (QED) is 0.716. The number of piperazine rings is 1. The van der Waals surface area contributed by atoms with Crippen LogP contribution >= 0.6 is 0 Å². The molecule has 0 unspecified atom stereocenters. The molecule has 1 saturated heterocycles. The van der Waals surface area contributed by atoms with E-state index in [1.165, 1.54) is 4.31 Å². The summed E-state index contributed by atoms with van der Waals surface area (Å²) >= 11 is 0. The Kier molecular flexibility index (Phi) is 8.04. The lowest BCUT2D eigenvalue weighted by molar-refractivity contribution is -0.123. The molecule has 1 aromatic carbocycles. The minimum atomic E-state index is -3.50. The molecular formula is C21H35N3O3S. The Bertz CT molecular complexity index is 769. The first-order valence-electron chi connectivity index (χ1n) is 10.2. The van der Waals surface area contributed by atoms with Crippen LogP contribution in [0, 0.1) is 19.8 Å². The lowest BCUT2D eigenvalue weighted by Crippen LogP contribution is -2.51. The zero-order chi connectivity index (χ0) is 20.9. The second-order valence-electron chi connectivity index (χ2n) is 8.39. The van der Waals surface area contributed by atoms with Crippen molar-refractivity contribution in [1.29, 1.82) is 0 Å². The topological polar surface area (TPSA) is 69.7 Å². The van der Waals surface area contributed by atoms with Crippen molar-refractivity contribution in [2.75, 3.05) is 32.7 Å². The largest absolute Gasteiger partial charge is 0.353 e. The molecule has 1 N–H and O–H groups in total. The maximum atomic E-state index is 13.0. The van der Waals surface area contributed by atoms with Gasteiger partial charge in [-0.3, -0.25) is 9.69 Å². The molecule has 7 heteroatoms. The molecule has 1 aromatic rings. The third kappa shape index (κ3) is 6.29. The monoisotopic (exact) mass is 409 g/mol. The molecule has 6 nitrogen and oxygen atoms in total. The van der Waals surface area contributed by atoms with Crippen LogP contribution in [0.5, 0.6) is 0 Å². The summed E-state index contributed by atoms with van der Waals surface area (Å²) < 4.78 is 27.5. The van der Waals surface area contributed by atoms with Gasteiger partial charge in [0.15, 0.2) is 0 Å². The highest BCUT2D eigenvalue weighted by Crippen LogP contribution is 2.22. The van der Waals surface area contributed by atoms with Crippen LogP contribution in [0.1, 0.15) is 44.7 Å². The Balaban J connectivity index is 1.87. The van der Waals surface area contributed by atoms with Crippen LogP contribution in [-0.4, -0.2) is 62.3 Å². The lowest BCUT2D eigenvalue weighted by atomic mass is 10.0. The number of nitrogens with zero attached hydrogens (tertiary/aromatic N) is 2. The first kappa shape index (κ1) is 22.8. The standard InChI is InChI=1S/C21H35N3O3S/c1-16(2)6-9-19(5)22-21(25)15-23-10-12-24(13-11-23)28(26,27)20-14-17(3)7-8-18(20)4/h7-8,14,16,19H,6,9-13,15H2,1-5H3,(H,22,25)/t19-/m0/s1. The third-order valence-electron chi connectivity index (χ3n) is 5.24. The van der Waals surface area contributed by atoms with Crippen molar-refractivity contribution < 1.29 is 13.2 Å². The fraction of sp³-hybridized carbons (Fsp3) is 0.667. The summed E-state index contributed by atoms with van der Waals surface area (Å²) in [5.41, 5.74) is 1.70. The van der Waals surface area contributed by atoms with Gasteiger partial charge in [0, 0.05) is 32.2 Å². The molecule has 0 spiro atoms. The van der Waals surface area contributed by atoms with E-state index in [1.807, 2.05) is 37.8 Å². The number of carbonyl (C=O) groups excluding carboxylic acids is 1. The predicted molar refractivity (Wildman–Crippen MR) is 113 cm³/mol. The van der Waals surface area contributed by atoms with Crippen molar-refractivity contribution in [3.05, 3.63) is 29.3 Å². The molecule has 0 bridgehead atoms. The highest BCUT2D eigenvalue weighted by Gasteiger charge is 2.30. The van der Waals surface area contributed by atoms with Crippen molar-refractivity contribution in [3.8, 4) is 0 Å². The highest BCUT2D eigenvalue weighted by atomic mass is 32.2. The Morgan fingerprint density at radius 2 is 1.71 bits per heavy atom. The van der Waals surface area contributed by atoms with Crippen LogP contribution in [0.4, 0.5) is 0 Å². The summed E-state index contributed by atoms with van der Waals surface area (Å²) in [4.78, 5) is 14.7. The average Bonchev–Trinajstić information content (AvgIpc) is 2.62. The van der Waals surface area contributed by atoms with E-state index < -0.39 is 10.0 Å². The van der Waals surface area contributed by atoms with E-state index in [2.05, 4.69) is 19.2 Å². The van der Waals surface area contributed by atoms with Gasteiger partial charge in [0.25, 0.3) is 0 Å². The number of sulfonamides is 1. The van der Waals surface area contributed by atoms with Gasteiger partial charge in [-0.25, -0.2) is 8.42 Å². The van der Waals surface area contributed by atoms with Gasteiger partial charge in [0.1, 0.15) is 0 Å². The van der Waals surface area contributed by atoms with Gasteiger partial charge in [0.2, 0.25) is 15.9 Å². The van der Waals surface area contributed by atoms with Crippen LogP contribution in [0.2, 0.25) is 0 Å². The van der Waals surface area contributed by atoms with Crippen molar-refractivity contribution in [2.45, 2.75) is 58.4 Å². The molecule has 2 rings (SSSR count). The Morgan fingerprint density at radius 3 is 2.32 bits per heavy atom. The van der Waals surface area contributed by atoms with Gasteiger partial charge in [-0.05, 0) is 56.7 Å². The highest BCUT2D eigenvalue weighted by molar-refractivity contribution is 7.89. The number of benzene rings is 1. The SMILES string of the molecule is Cc1ccc(C)c(S(=O)(=O)N2CCN(CC(=O)N[C@@H](C)CCC(C)C)CC2)c1. The van der Waals surface area contributed by atoms with Crippen LogP contribution in [-0.2, 0) is 14.8 Å². The fourth-order valence-corrected chi connectivity index (χ4v) is 5.16. The molecule has 1 aliphatic heterocycles. The van der Waals surface area contributed by atoms with E-state index >= 15 is 0 Å². The van der Waals surface area contributed by atoms with Crippen LogP contribution < -0.4 is 5.32 Å². The van der Waals surface area contributed by atoms with Crippen LogP contribution in [0.15, 0.2) is 23.1 Å². The molecular weight excluding hydrogens is 374 g/mol. The minimum Gasteiger partial charge on any atom is -0.353 e. The van der Waals surface area contributed by atoms with Crippen LogP contribution in [0.25, 0.3) is 0 Å². The van der Waals surface area contributed by atoms with E-state index in [1.54, 1.807) is 6.07 Å². The number of hydrogen-bond donors (Lipinski definition) is 1. The molecule has 0 aromatic heterocycles. The van der Waals surface area contributed by atoms with E-state index in [9.17, 15) is 13.2 Å². The summed E-state index contributed by atoms with van der Waals surface area (Å²) in [6.45, 7) is 12.4. The van der Waals surface area contributed by atoms with Gasteiger partial charge in [0.05, 0.1) is 11.4 Å². The molecule has 1 aliphatic rings. The van der Waals surface area contributed by atoms with Gasteiger partial charge in [-0.15, -0.1) is 0 Å². The zero-order valence-corrected chi connectivity index (χ0v) is 18.7. The van der Waals surface area contributed by atoms with Gasteiger partial charge < -0.3 is 5.32 Å². The second kappa shape index (κ2) is 9.85. The normalized spacial score (nSPS) is 17.6. The number of hydrogen-bond acceptors (Lipinski definition) is 4. The van der Waals surface area contributed by atoms with Crippen molar-refractivity contribution in [1.82, 2.24) is 14.5 Å². The number of rotatable bonds is 8. The van der Waals surface area contributed by atoms with Gasteiger partial charge in [-0.2, -0.15) is 4.31 Å². The summed E-state index contributed by atoms with van der Waals surface area (Å²) in [5.74, 6) is 0.647. The molecule has 1 atom stereocenters. The molecule has 1 amide bonds. The average molecular weight is 410 g/mol. The van der Waals surface area contributed by atoms with Crippen LogP contribution in [0.3, 0.4) is 0 Å². The van der Waals surface area contributed by atoms with E-state index in [0.29, 0.717) is 43.5 Å². The van der Waals surface area contributed by atoms with Crippen molar-refractivity contribution in [3.63, 3.8) is 0 Å². The maximum absolute atomic E-state index is 13.0. The smallest absolute Gasteiger partial charge is 0.243 e. The zero-order valence-electron chi connectivity index (χ0n) is 17.9. The first-order valence-corrected chi connectivity index (χ1v) is 11.6. The fourth-order valence-electron chi connectivity index (χ4n) is 3.43. The molecule has 0 aliphatic carbocycles. The Labute approximate surface area is 170 Å². The number of aryl methyl sites for hydroxylation is 2. The predicted octanol–water partition coefficient (Wildman–Crippen LogP) is 2.55. The lowest BCUT2D eigenvalue weighted by Gasteiger charge is -2.34. The number of nitrogens with one attached hydrogen (secondary N) is 1. The number of carbonyl (C=O) groups is 1. The molecule has 0 saturated carbocycles. The molecule has 0 radical (unpaired) electrons. The van der Waals surface area contributed by atoms with Gasteiger partial charge in [-0.1, -0.05) is 26.0 Å². The molecule has 1 heterocycles. The summed E-state index contributed by atoms with van der Waals surface area (Å²) in [6.07, 6.45) is 2.07. The summed E-state index contributed by atoms with van der Waals surface area (Å²) in [7, 11) is -3.50. The minimum absolute atomic E-state index is 0.0158. The first-order chi connectivity index (χ1) is 13.1. The Morgan fingerprint density at radius 1 is 1.07 bits per heavy atom. The maximum Gasteiger partial charge on any atom is 0.243 e. The molecule has 1 fully saturated rings. The molecule has 158 valence electrons. The Hall–Kier alpha value is -1.44. The third-order valence-corrected chi connectivity index (χ3v) is 7.28. The van der Waals surface area contributed by atoms with E-state index in [-0.39, 0.29) is 11.9 Å². The van der Waals surface area contributed by atoms with Gasteiger partial charge >= 0.3 is 0 Å². The number of amides is 1. The summed E-state index contributed by atoms with van der Waals surface area (Å²) in [6, 6.07) is 5.68. The van der Waals surface area contributed by atoms with Crippen molar-refractivity contribution >= 4 is 15.9 Å². The second-order valence-corrected chi connectivity index (χ2v) is 10.3. The van der Waals surface area contributed by atoms with E-state index in [0.717, 1.165) is 24.0 Å². The summed E-state index contributed by atoms with van der Waals surface area (Å²) in [5, 5.41) is 3.05. The van der Waals surface area contributed by atoms with Crippen molar-refractivity contribution in [2.24, 2.45) is 5.92 Å².